The van der Waals surface area contributed by atoms with E-state index >= 15 is 0 Å². The van der Waals surface area contributed by atoms with Crippen molar-refractivity contribution in [2.75, 3.05) is 0 Å². The third-order valence-electron chi connectivity index (χ3n) is 2.57. The van der Waals surface area contributed by atoms with E-state index in [1.807, 2.05) is 19.9 Å². The molecule has 0 unspecified atom stereocenters. The summed E-state index contributed by atoms with van der Waals surface area (Å²) in [7, 11) is 0. The zero-order chi connectivity index (χ0) is 13.7. The number of benzene rings is 1. The lowest BCUT2D eigenvalue weighted by atomic mass is 10.2. The number of thiophene rings is 1. The molecule has 102 valence electrons. The van der Waals surface area contributed by atoms with Crippen molar-refractivity contribution in [2.24, 2.45) is 0 Å². The number of hydrogen-bond acceptors (Lipinski definition) is 3. The second kappa shape index (κ2) is 7.08. The van der Waals surface area contributed by atoms with Crippen molar-refractivity contribution in [3.8, 4) is 5.75 Å². The zero-order valence-electron chi connectivity index (χ0n) is 11.2. The number of rotatable bonds is 6. The molecule has 2 aromatic rings. The van der Waals surface area contributed by atoms with E-state index in [-0.39, 0.29) is 6.10 Å². The van der Waals surface area contributed by atoms with Gasteiger partial charge in [-0.2, -0.15) is 0 Å². The Balaban J connectivity index is 1.89. The topological polar surface area (TPSA) is 21.3 Å². The molecule has 0 aliphatic rings. The summed E-state index contributed by atoms with van der Waals surface area (Å²) < 4.78 is 6.71. The van der Waals surface area contributed by atoms with Gasteiger partial charge in [0, 0.05) is 18.0 Å². The van der Waals surface area contributed by atoms with Gasteiger partial charge < -0.3 is 10.1 Å². The van der Waals surface area contributed by atoms with Crippen LogP contribution in [0.1, 0.15) is 24.3 Å². The van der Waals surface area contributed by atoms with E-state index in [0.29, 0.717) is 0 Å². The largest absolute Gasteiger partial charge is 0.490 e. The van der Waals surface area contributed by atoms with Gasteiger partial charge in [0.2, 0.25) is 0 Å². The van der Waals surface area contributed by atoms with Gasteiger partial charge in [0.15, 0.2) is 0 Å². The van der Waals surface area contributed by atoms with Crippen LogP contribution in [-0.4, -0.2) is 6.10 Å². The van der Waals surface area contributed by atoms with E-state index in [1.54, 1.807) is 11.3 Å². The molecule has 0 fully saturated rings. The fraction of sp³-hybridized carbons (Fsp3) is 0.333. The molecule has 0 radical (unpaired) electrons. The maximum atomic E-state index is 5.70. The quantitative estimate of drug-likeness (QED) is 0.831. The van der Waals surface area contributed by atoms with Crippen LogP contribution in [0.4, 0.5) is 0 Å². The average Bonchev–Trinajstić information content (AvgIpc) is 2.85. The Labute approximate surface area is 126 Å². The average molecular weight is 340 g/mol. The summed E-state index contributed by atoms with van der Waals surface area (Å²) in [6.45, 7) is 5.84. The van der Waals surface area contributed by atoms with Crippen LogP contribution in [0.25, 0.3) is 0 Å². The van der Waals surface area contributed by atoms with Gasteiger partial charge in [-0.3, -0.25) is 0 Å². The normalized spacial score (nSPS) is 10.9. The maximum Gasteiger partial charge on any atom is 0.133 e. The van der Waals surface area contributed by atoms with E-state index in [0.717, 1.165) is 23.3 Å². The Bertz CT molecular complexity index is 511. The van der Waals surface area contributed by atoms with Gasteiger partial charge >= 0.3 is 0 Å². The van der Waals surface area contributed by atoms with Gasteiger partial charge in [-0.05, 0) is 58.9 Å². The highest BCUT2D eigenvalue weighted by molar-refractivity contribution is 9.10. The van der Waals surface area contributed by atoms with Gasteiger partial charge in [-0.15, -0.1) is 11.3 Å². The molecule has 4 heteroatoms. The highest BCUT2D eigenvalue weighted by atomic mass is 79.9. The summed E-state index contributed by atoms with van der Waals surface area (Å²) in [5.74, 6) is 0.900. The number of ether oxygens (including phenoxy) is 1. The lowest BCUT2D eigenvalue weighted by Crippen LogP contribution is -2.12. The molecule has 2 nitrogen and oxygen atoms in total. The van der Waals surface area contributed by atoms with Crippen LogP contribution in [-0.2, 0) is 13.1 Å². The second-order valence-corrected chi connectivity index (χ2v) is 6.50. The Hall–Kier alpha value is -0.840. The van der Waals surface area contributed by atoms with E-state index < -0.39 is 0 Å². The predicted octanol–water partition coefficient (Wildman–Crippen LogP) is 4.59. The summed E-state index contributed by atoms with van der Waals surface area (Å²) in [6, 6.07) is 10.5. The smallest absolute Gasteiger partial charge is 0.133 e. The fourth-order valence-corrected chi connectivity index (χ4v) is 2.94. The van der Waals surface area contributed by atoms with Crippen molar-refractivity contribution in [1.29, 1.82) is 0 Å². The number of hydrogen-bond donors (Lipinski definition) is 1. The lowest BCUT2D eigenvalue weighted by molar-refractivity contribution is 0.241. The summed E-state index contributed by atoms with van der Waals surface area (Å²) in [5.41, 5.74) is 1.25. The Kier molecular flexibility index (Phi) is 5.43. The van der Waals surface area contributed by atoms with E-state index in [1.165, 1.54) is 10.4 Å². The van der Waals surface area contributed by atoms with Crippen molar-refractivity contribution < 1.29 is 4.74 Å². The van der Waals surface area contributed by atoms with Crippen molar-refractivity contribution in [3.05, 3.63) is 50.6 Å². The molecule has 0 aliphatic heterocycles. The first-order chi connectivity index (χ1) is 9.15. The molecule has 1 aromatic heterocycles. The minimum atomic E-state index is 0.194. The minimum Gasteiger partial charge on any atom is -0.490 e. The van der Waals surface area contributed by atoms with Gasteiger partial charge in [0.25, 0.3) is 0 Å². The van der Waals surface area contributed by atoms with Gasteiger partial charge in [-0.25, -0.2) is 0 Å². The molecular formula is C15H18BrNOS. The zero-order valence-corrected chi connectivity index (χ0v) is 13.6. The maximum absolute atomic E-state index is 5.70. The van der Waals surface area contributed by atoms with Crippen molar-refractivity contribution in [1.82, 2.24) is 5.32 Å². The standard InChI is InChI=1S/C15H18BrNOS/c1-11(2)18-15-6-5-12(8-14(15)16)9-17-10-13-4-3-7-19-13/h3-8,11,17H,9-10H2,1-2H3. The summed E-state index contributed by atoms with van der Waals surface area (Å²) >= 11 is 5.33. The van der Waals surface area contributed by atoms with Crippen LogP contribution >= 0.6 is 27.3 Å². The van der Waals surface area contributed by atoms with Gasteiger partial charge in [0.1, 0.15) is 5.75 Å². The molecule has 0 amide bonds. The fourth-order valence-electron chi connectivity index (χ4n) is 1.75. The molecule has 1 heterocycles. The van der Waals surface area contributed by atoms with Gasteiger partial charge in [0.05, 0.1) is 10.6 Å². The molecule has 19 heavy (non-hydrogen) atoms. The van der Waals surface area contributed by atoms with E-state index in [4.69, 9.17) is 4.74 Å². The molecular weight excluding hydrogens is 322 g/mol. The SMILES string of the molecule is CC(C)Oc1ccc(CNCc2cccs2)cc1Br. The first-order valence-corrected chi connectivity index (χ1v) is 8.00. The molecule has 0 bridgehead atoms. The highest BCUT2D eigenvalue weighted by Gasteiger charge is 2.04. The Morgan fingerprint density at radius 2 is 2.11 bits per heavy atom. The molecule has 0 spiro atoms. The molecule has 0 atom stereocenters. The van der Waals surface area contributed by atoms with Crippen LogP contribution in [0.3, 0.4) is 0 Å². The summed E-state index contributed by atoms with van der Waals surface area (Å²) in [5, 5.41) is 5.54. The lowest BCUT2D eigenvalue weighted by Gasteiger charge is -2.12. The van der Waals surface area contributed by atoms with Crippen molar-refractivity contribution in [2.45, 2.75) is 33.0 Å². The second-order valence-electron chi connectivity index (χ2n) is 4.61. The Morgan fingerprint density at radius 1 is 1.26 bits per heavy atom. The third-order valence-corrected chi connectivity index (χ3v) is 4.06. The molecule has 0 saturated heterocycles. The van der Waals surface area contributed by atoms with Crippen LogP contribution in [0, 0.1) is 0 Å². The van der Waals surface area contributed by atoms with Crippen LogP contribution in [0.15, 0.2) is 40.2 Å². The first kappa shape index (κ1) is 14.6. The van der Waals surface area contributed by atoms with Crippen LogP contribution in [0.2, 0.25) is 0 Å². The van der Waals surface area contributed by atoms with Crippen molar-refractivity contribution >= 4 is 27.3 Å². The molecule has 0 saturated carbocycles. The third kappa shape index (κ3) is 4.64. The summed E-state index contributed by atoms with van der Waals surface area (Å²) in [4.78, 5) is 1.36. The van der Waals surface area contributed by atoms with Crippen LogP contribution < -0.4 is 10.1 Å². The van der Waals surface area contributed by atoms with Gasteiger partial charge in [-0.1, -0.05) is 12.1 Å². The Morgan fingerprint density at radius 3 is 2.74 bits per heavy atom. The highest BCUT2D eigenvalue weighted by Crippen LogP contribution is 2.26. The number of nitrogens with one attached hydrogen (secondary N) is 1. The minimum absolute atomic E-state index is 0.194. The molecule has 2 rings (SSSR count). The monoisotopic (exact) mass is 339 g/mol. The van der Waals surface area contributed by atoms with E-state index in [2.05, 4.69) is 50.9 Å². The molecule has 1 aromatic carbocycles. The number of halogens is 1. The molecule has 0 aliphatic carbocycles. The molecule has 1 N–H and O–H groups in total. The van der Waals surface area contributed by atoms with E-state index in [9.17, 15) is 0 Å². The van der Waals surface area contributed by atoms with Crippen molar-refractivity contribution in [3.63, 3.8) is 0 Å². The summed E-state index contributed by atoms with van der Waals surface area (Å²) in [6.07, 6.45) is 0.194. The first-order valence-electron chi connectivity index (χ1n) is 6.33. The van der Waals surface area contributed by atoms with Crippen LogP contribution in [0.5, 0.6) is 5.75 Å². The predicted molar refractivity (Wildman–Crippen MR) is 84.8 cm³/mol.